The Morgan fingerprint density at radius 2 is 1.79 bits per heavy atom. The molecule has 1 rings (SSSR count). The molecule has 0 aliphatic heterocycles. The predicted molar refractivity (Wildman–Crippen MR) is 59.9 cm³/mol. The van der Waals surface area contributed by atoms with Crippen LogP contribution in [0.1, 0.15) is 18.9 Å². The van der Waals surface area contributed by atoms with Crippen molar-refractivity contribution in [2.75, 3.05) is 0 Å². The summed E-state index contributed by atoms with van der Waals surface area (Å²) < 4.78 is 39.1. The molecule has 0 spiro atoms. The van der Waals surface area contributed by atoms with E-state index in [4.69, 9.17) is 5.11 Å². The van der Waals surface area contributed by atoms with E-state index in [-0.39, 0.29) is 12.0 Å². The summed E-state index contributed by atoms with van der Waals surface area (Å²) in [5, 5.41) is 11.0. The van der Waals surface area contributed by atoms with E-state index >= 15 is 0 Å². The van der Waals surface area contributed by atoms with Gasteiger partial charge in [0.1, 0.15) is 5.82 Å². The summed E-state index contributed by atoms with van der Waals surface area (Å²) in [5.74, 6) is -5.22. The number of nitrogens with one attached hydrogen (secondary N) is 1. The van der Waals surface area contributed by atoms with Crippen LogP contribution in [0.15, 0.2) is 12.1 Å². The van der Waals surface area contributed by atoms with E-state index < -0.39 is 41.8 Å². The fourth-order valence-corrected chi connectivity index (χ4v) is 1.66. The summed E-state index contributed by atoms with van der Waals surface area (Å²) in [6.45, 7) is 1.18. The third-order valence-corrected chi connectivity index (χ3v) is 2.38. The van der Waals surface area contributed by atoms with E-state index in [2.05, 4.69) is 5.32 Å². The SMILES string of the molecule is CC(=O)NC(CC(=O)O)Cc1cc(F)c(F)cc1F. The Hall–Kier alpha value is -2.05. The molecular formula is C12H12F3NO3. The first-order chi connectivity index (χ1) is 8.79. The van der Waals surface area contributed by atoms with E-state index in [1.807, 2.05) is 0 Å². The lowest BCUT2D eigenvalue weighted by atomic mass is 10.0. The van der Waals surface area contributed by atoms with Gasteiger partial charge in [-0.05, 0) is 18.1 Å². The molecule has 0 aliphatic rings. The zero-order chi connectivity index (χ0) is 14.6. The summed E-state index contributed by atoms with van der Waals surface area (Å²) in [6.07, 6.45) is -0.688. The quantitative estimate of drug-likeness (QED) is 0.803. The van der Waals surface area contributed by atoms with Crippen molar-refractivity contribution in [3.05, 3.63) is 35.1 Å². The maximum atomic E-state index is 13.4. The Labute approximate surface area is 107 Å². The first-order valence-corrected chi connectivity index (χ1v) is 5.42. The van der Waals surface area contributed by atoms with Crippen molar-refractivity contribution >= 4 is 11.9 Å². The standard InChI is InChI=1S/C12H12F3NO3/c1-6(17)16-8(4-12(18)19)2-7-3-10(14)11(15)5-9(7)13/h3,5,8H,2,4H2,1H3,(H,16,17)(H,18,19). The van der Waals surface area contributed by atoms with Crippen LogP contribution in [0.25, 0.3) is 0 Å². The first-order valence-electron chi connectivity index (χ1n) is 5.42. The minimum Gasteiger partial charge on any atom is -0.481 e. The summed E-state index contributed by atoms with van der Waals surface area (Å²) >= 11 is 0. The van der Waals surface area contributed by atoms with Crippen molar-refractivity contribution in [3.63, 3.8) is 0 Å². The normalized spacial score (nSPS) is 12.0. The second-order valence-electron chi connectivity index (χ2n) is 4.06. The molecular weight excluding hydrogens is 263 g/mol. The fraction of sp³-hybridized carbons (Fsp3) is 0.333. The Bertz CT molecular complexity index is 489. The summed E-state index contributed by atoms with van der Waals surface area (Å²) in [7, 11) is 0. The van der Waals surface area contributed by atoms with Crippen molar-refractivity contribution in [3.8, 4) is 0 Å². The second-order valence-corrected chi connectivity index (χ2v) is 4.06. The lowest BCUT2D eigenvalue weighted by Gasteiger charge is -2.16. The third kappa shape index (κ3) is 4.61. The molecule has 1 unspecified atom stereocenters. The van der Waals surface area contributed by atoms with E-state index in [0.29, 0.717) is 12.1 Å². The third-order valence-electron chi connectivity index (χ3n) is 2.38. The first kappa shape index (κ1) is 15.0. The van der Waals surface area contributed by atoms with Crippen molar-refractivity contribution in [2.45, 2.75) is 25.8 Å². The van der Waals surface area contributed by atoms with Crippen molar-refractivity contribution < 1.29 is 27.9 Å². The Morgan fingerprint density at radius 1 is 1.21 bits per heavy atom. The van der Waals surface area contributed by atoms with E-state index in [1.54, 1.807) is 0 Å². The number of amides is 1. The lowest BCUT2D eigenvalue weighted by molar-refractivity contribution is -0.137. The predicted octanol–water partition coefficient (Wildman–Crippen LogP) is 1.63. The van der Waals surface area contributed by atoms with Gasteiger partial charge in [-0.1, -0.05) is 0 Å². The Morgan fingerprint density at radius 3 is 2.32 bits per heavy atom. The van der Waals surface area contributed by atoms with Gasteiger partial charge in [-0.25, -0.2) is 13.2 Å². The molecule has 0 radical (unpaired) electrons. The van der Waals surface area contributed by atoms with Crippen LogP contribution in [0, 0.1) is 17.5 Å². The molecule has 1 atom stereocenters. The van der Waals surface area contributed by atoms with Crippen LogP contribution in [-0.2, 0) is 16.0 Å². The largest absolute Gasteiger partial charge is 0.481 e. The molecule has 1 aromatic rings. The van der Waals surface area contributed by atoms with Gasteiger partial charge in [0, 0.05) is 19.0 Å². The molecule has 0 saturated heterocycles. The fourth-order valence-electron chi connectivity index (χ4n) is 1.66. The maximum Gasteiger partial charge on any atom is 0.305 e. The number of carbonyl (C=O) groups excluding carboxylic acids is 1. The average molecular weight is 275 g/mol. The van der Waals surface area contributed by atoms with Crippen molar-refractivity contribution in [2.24, 2.45) is 0 Å². The molecule has 0 aliphatic carbocycles. The summed E-state index contributed by atoms with van der Waals surface area (Å²) in [6, 6.07) is 0.145. The molecule has 0 bridgehead atoms. The number of aliphatic carboxylic acids is 1. The second kappa shape index (κ2) is 6.21. The van der Waals surface area contributed by atoms with E-state index in [0.717, 1.165) is 0 Å². The summed E-state index contributed by atoms with van der Waals surface area (Å²) in [4.78, 5) is 21.5. The molecule has 4 nitrogen and oxygen atoms in total. The molecule has 0 aromatic heterocycles. The molecule has 0 heterocycles. The van der Waals surface area contributed by atoms with Crippen LogP contribution in [0.4, 0.5) is 13.2 Å². The Balaban J connectivity index is 2.92. The van der Waals surface area contributed by atoms with Crippen molar-refractivity contribution in [1.82, 2.24) is 5.32 Å². The molecule has 0 fully saturated rings. The minimum absolute atomic E-state index is 0.195. The monoisotopic (exact) mass is 275 g/mol. The van der Waals surface area contributed by atoms with Gasteiger partial charge in [0.05, 0.1) is 6.42 Å². The maximum absolute atomic E-state index is 13.4. The van der Waals surface area contributed by atoms with Crippen LogP contribution < -0.4 is 5.32 Å². The van der Waals surface area contributed by atoms with Gasteiger partial charge in [-0.15, -0.1) is 0 Å². The summed E-state index contributed by atoms with van der Waals surface area (Å²) in [5.41, 5.74) is -0.195. The molecule has 1 amide bonds. The zero-order valence-electron chi connectivity index (χ0n) is 10.0. The molecule has 104 valence electrons. The van der Waals surface area contributed by atoms with Gasteiger partial charge in [-0.3, -0.25) is 9.59 Å². The number of carboxylic acid groups (broad SMARTS) is 1. The van der Waals surface area contributed by atoms with Gasteiger partial charge >= 0.3 is 5.97 Å². The zero-order valence-corrected chi connectivity index (χ0v) is 10.0. The van der Waals surface area contributed by atoms with Gasteiger partial charge in [-0.2, -0.15) is 0 Å². The van der Waals surface area contributed by atoms with Gasteiger partial charge in [0.25, 0.3) is 0 Å². The molecule has 0 saturated carbocycles. The van der Waals surface area contributed by atoms with Crippen LogP contribution >= 0.6 is 0 Å². The number of hydrogen-bond donors (Lipinski definition) is 2. The number of carboxylic acids is 1. The minimum atomic E-state index is -1.32. The topological polar surface area (TPSA) is 66.4 Å². The number of benzene rings is 1. The highest BCUT2D eigenvalue weighted by molar-refractivity contribution is 5.75. The number of carbonyl (C=O) groups is 2. The Kier molecular flexibility index (Phi) is 4.91. The van der Waals surface area contributed by atoms with Gasteiger partial charge in [0.15, 0.2) is 11.6 Å². The lowest BCUT2D eigenvalue weighted by Crippen LogP contribution is -2.36. The smallest absolute Gasteiger partial charge is 0.305 e. The molecule has 1 aromatic carbocycles. The average Bonchev–Trinajstić information content (AvgIpc) is 2.23. The highest BCUT2D eigenvalue weighted by atomic mass is 19.2. The highest BCUT2D eigenvalue weighted by Gasteiger charge is 2.18. The number of halogens is 3. The van der Waals surface area contributed by atoms with E-state index in [9.17, 15) is 22.8 Å². The van der Waals surface area contributed by atoms with Crippen LogP contribution in [-0.4, -0.2) is 23.0 Å². The van der Waals surface area contributed by atoms with E-state index in [1.165, 1.54) is 6.92 Å². The molecule has 2 N–H and O–H groups in total. The van der Waals surface area contributed by atoms with Gasteiger partial charge < -0.3 is 10.4 Å². The number of hydrogen-bond acceptors (Lipinski definition) is 2. The van der Waals surface area contributed by atoms with Crippen LogP contribution in [0.3, 0.4) is 0 Å². The van der Waals surface area contributed by atoms with Crippen LogP contribution in [0.5, 0.6) is 0 Å². The van der Waals surface area contributed by atoms with Gasteiger partial charge in [0.2, 0.25) is 5.91 Å². The molecule has 7 heteroatoms. The molecule has 19 heavy (non-hydrogen) atoms. The number of rotatable bonds is 5. The van der Waals surface area contributed by atoms with Crippen molar-refractivity contribution in [1.29, 1.82) is 0 Å². The van der Waals surface area contributed by atoms with Crippen LogP contribution in [0.2, 0.25) is 0 Å². The highest BCUT2D eigenvalue weighted by Crippen LogP contribution is 2.16.